The van der Waals surface area contributed by atoms with Crippen molar-refractivity contribution in [1.82, 2.24) is 4.98 Å². The Morgan fingerprint density at radius 2 is 2.30 bits per heavy atom. The molecule has 0 bridgehead atoms. The van der Waals surface area contributed by atoms with E-state index in [1.165, 1.54) is 5.56 Å². The van der Waals surface area contributed by atoms with E-state index in [1.54, 1.807) is 0 Å². The molecule has 1 rings (SSSR count). The highest BCUT2D eigenvalue weighted by Crippen LogP contribution is 2.15. The molecule has 0 saturated carbocycles. The molecule has 1 aromatic heterocycles. The number of pyridine rings is 1. The molecule has 0 N–H and O–H groups in total. The molecular weight excluding hydrogens is 258 g/mol. The summed E-state index contributed by atoms with van der Waals surface area (Å²) in [6, 6.07) is 2.05. The van der Waals surface area contributed by atoms with Gasteiger partial charge in [-0.25, -0.2) is 0 Å². The molecule has 0 aromatic carbocycles. The van der Waals surface area contributed by atoms with Gasteiger partial charge in [-0.1, -0.05) is 15.9 Å². The molecule has 0 amide bonds. The Balaban J connectivity index is 3.04. The van der Waals surface area contributed by atoms with E-state index in [9.17, 15) is 0 Å². The van der Waals surface area contributed by atoms with Crippen LogP contribution in [-0.4, -0.2) is 4.98 Å². The number of halogens is 2. The Kier molecular flexibility index (Phi) is 2.86. The summed E-state index contributed by atoms with van der Waals surface area (Å²) in [7, 11) is 0. The topological polar surface area (TPSA) is 12.9 Å². The summed E-state index contributed by atoms with van der Waals surface area (Å²) in [4.78, 5) is 4.16. The second-order valence-electron chi connectivity index (χ2n) is 2.06. The zero-order chi connectivity index (χ0) is 7.56. The summed E-state index contributed by atoms with van der Waals surface area (Å²) in [6.45, 7) is 2.05. The molecule has 0 aliphatic heterocycles. The fourth-order valence-corrected chi connectivity index (χ4v) is 1.19. The summed E-state index contributed by atoms with van der Waals surface area (Å²) < 4.78 is 1.07. The Morgan fingerprint density at radius 1 is 1.60 bits per heavy atom. The van der Waals surface area contributed by atoms with Crippen molar-refractivity contribution in [3.63, 3.8) is 0 Å². The molecule has 0 unspecified atom stereocenters. The summed E-state index contributed by atoms with van der Waals surface area (Å²) in [6.07, 6.45) is 1.83. The molecule has 0 spiro atoms. The Labute approximate surface area is 77.1 Å². The van der Waals surface area contributed by atoms with Crippen LogP contribution in [0.4, 0.5) is 0 Å². The van der Waals surface area contributed by atoms with Gasteiger partial charge in [0.15, 0.2) is 0 Å². The highest BCUT2D eigenvalue weighted by molar-refractivity contribution is 9.10. The summed E-state index contributed by atoms with van der Waals surface area (Å²) in [5, 5.41) is 0.821. The van der Waals surface area contributed by atoms with Crippen LogP contribution in [0, 0.1) is 6.92 Å². The lowest BCUT2D eigenvalue weighted by Crippen LogP contribution is -1.85. The second kappa shape index (κ2) is 3.49. The monoisotopic (exact) mass is 263 g/mol. The minimum absolute atomic E-state index is 0.821. The molecule has 1 nitrogen and oxygen atoms in total. The van der Waals surface area contributed by atoms with Gasteiger partial charge in [0.05, 0.1) is 5.69 Å². The van der Waals surface area contributed by atoms with Gasteiger partial charge in [0.25, 0.3) is 0 Å². The first-order valence-corrected chi connectivity index (χ1v) is 4.82. The van der Waals surface area contributed by atoms with Crippen LogP contribution in [0.3, 0.4) is 0 Å². The minimum Gasteiger partial charge on any atom is -0.259 e. The smallest absolute Gasteiger partial charge is 0.0512 e. The lowest BCUT2D eigenvalue weighted by molar-refractivity contribution is 1.15. The zero-order valence-corrected chi connectivity index (χ0v) is 8.74. The number of rotatable bonds is 1. The van der Waals surface area contributed by atoms with Crippen LogP contribution < -0.4 is 0 Å². The molecule has 0 aliphatic carbocycles. The van der Waals surface area contributed by atoms with Crippen molar-refractivity contribution < 1.29 is 0 Å². The van der Waals surface area contributed by atoms with Gasteiger partial charge in [-0.2, -0.15) is 0 Å². The molecule has 1 heterocycles. The summed E-state index contributed by atoms with van der Waals surface area (Å²) >= 11 is 6.72. The van der Waals surface area contributed by atoms with Gasteiger partial charge in [0.2, 0.25) is 0 Å². The quantitative estimate of drug-likeness (QED) is 0.711. The van der Waals surface area contributed by atoms with Gasteiger partial charge in [0.1, 0.15) is 0 Å². The lowest BCUT2D eigenvalue weighted by Gasteiger charge is -1.98. The number of hydrogen-bond donors (Lipinski definition) is 0. The van der Waals surface area contributed by atoms with Crippen LogP contribution in [0.15, 0.2) is 16.7 Å². The van der Waals surface area contributed by atoms with Crippen molar-refractivity contribution >= 4 is 31.9 Å². The van der Waals surface area contributed by atoms with Crippen molar-refractivity contribution in [3.8, 4) is 0 Å². The third-order valence-corrected chi connectivity index (χ3v) is 2.65. The first kappa shape index (κ1) is 8.21. The van der Waals surface area contributed by atoms with Crippen molar-refractivity contribution in [2.24, 2.45) is 0 Å². The van der Waals surface area contributed by atoms with Crippen LogP contribution in [0.5, 0.6) is 0 Å². The van der Waals surface area contributed by atoms with Crippen LogP contribution in [0.2, 0.25) is 0 Å². The van der Waals surface area contributed by atoms with Crippen LogP contribution >= 0.6 is 31.9 Å². The second-order valence-corrected chi connectivity index (χ2v) is 3.47. The van der Waals surface area contributed by atoms with Crippen molar-refractivity contribution in [3.05, 3.63) is 28.0 Å². The average molecular weight is 265 g/mol. The number of hydrogen-bond acceptors (Lipinski definition) is 1. The number of aryl methyl sites for hydroxylation is 1. The maximum absolute atomic E-state index is 4.16. The van der Waals surface area contributed by atoms with Crippen LogP contribution in [0.25, 0.3) is 0 Å². The number of nitrogens with zero attached hydrogens (tertiary/aromatic N) is 1. The van der Waals surface area contributed by atoms with Crippen LogP contribution in [0.1, 0.15) is 11.3 Å². The SMILES string of the molecule is Cc1cc(CBr)ncc1Br. The van der Waals surface area contributed by atoms with E-state index in [0.717, 1.165) is 15.5 Å². The van der Waals surface area contributed by atoms with Gasteiger partial charge >= 0.3 is 0 Å². The van der Waals surface area contributed by atoms with Gasteiger partial charge in [0, 0.05) is 16.0 Å². The molecule has 0 atom stereocenters. The molecular formula is C7H7Br2N. The van der Waals surface area contributed by atoms with E-state index in [4.69, 9.17) is 0 Å². The molecule has 0 radical (unpaired) electrons. The third-order valence-electron chi connectivity index (χ3n) is 1.24. The Hall–Kier alpha value is 0.110. The van der Waals surface area contributed by atoms with Gasteiger partial charge in [-0.05, 0) is 34.5 Å². The van der Waals surface area contributed by atoms with Gasteiger partial charge in [-0.3, -0.25) is 4.98 Å². The molecule has 10 heavy (non-hydrogen) atoms. The van der Waals surface area contributed by atoms with Crippen molar-refractivity contribution in [2.45, 2.75) is 12.3 Å². The highest BCUT2D eigenvalue weighted by Gasteiger charge is 1.95. The van der Waals surface area contributed by atoms with E-state index < -0.39 is 0 Å². The fourth-order valence-electron chi connectivity index (χ4n) is 0.671. The molecule has 0 saturated heterocycles. The van der Waals surface area contributed by atoms with E-state index in [1.807, 2.05) is 6.20 Å². The number of alkyl halides is 1. The average Bonchev–Trinajstić information content (AvgIpc) is 1.95. The first-order valence-electron chi connectivity index (χ1n) is 2.91. The summed E-state index contributed by atoms with van der Waals surface area (Å²) in [5.41, 5.74) is 2.30. The fraction of sp³-hybridized carbons (Fsp3) is 0.286. The molecule has 3 heteroatoms. The van der Waals surface area contributed by atoms with Gasteiger partial charge in [-0.15, -0.1) is 0 Å². The van der Waals surface area contributed by atoms with Crippen LogP contribution in [-0.2, 0) is 5.33 Å². The Morgan fingerprint density at radius 3 is 2.80 bits per heavy atom. The molecule has 0 aliphatic rings. The number of aromatic nitrogens is 1. The van der Waals surface area contributed by atoms with Crippen molar-refractivity contribution in [1.29, 1.82) is 0 Å². The maximum Gasteiger partial charge on any atom is 0.0512 e. The van der Waals surface area contributed by atoms with Crippen molar-refractivity contribution in [2.75, 3.05) is 0 Å². The zero-order valence-electron chi connectivity index (χ0n) is 5.56. The van der Waals surface area contributed by atoms with Gasteiger partial charge < -0.3 is 0 Å². The normalized spacial score (nSPS) is 9.90. The minimum atomic E-state index is 0.821. The van der Waals surface area contributed by atoms with E-state index in [-0.39, 0.29) is 0 Å². The standard InChI is InChI=1S/C7H7Br2N/c1-5-2-6(3-8)10-4-7(5)9/h2,4H,3H2,1H3. The molecule has 0 fully saturated rings. The van der Waals surface area contributed by atoms with E-state index in [0.29, 0.717) is 0 Å². The first-order chi connectivity index (χ1) is 4.74. The predicted octanol–water partition coefficient (Wildman–Crippen LogP) is 3.05. The predicted molar refractivity (Wildman–Crippen MR) is 49.3 cm³/mol. The maximum atomic E-state index is 4.16. The van der Waals surface area contributed by atoms with E-state index in [2.05, 4.69) is 49.8 Å². The third kappa shape index (κ3) is 1.80. The highest BCUT2D eigenvalue weighted by atomic mass is 79.9. The molecule has 1 aromatic rings. The Bertz CT molecular complexity index is 235. The largest absolute Gasteiger partial charge is 0.259 e. The lowest BCUT2D eigenvalue weighted by atomic mass is 10.3. The molecule has 54 valence electrons. The summed E-state index contributed by atoms with van der Waals surface area (Å²) in [5.74, 6) is 0. The van der Waals surface area contributed by atoms with E-state index >= 15 is 0 Å².